The molecule has 0 saturated carbocycles. The monoisotopic (exact) mass is 443 g/mol. The van der Waals surface area contributed by atoms with Gasteiger partial charge in [-0.2, -0.15) is 5.26 Å². The number of anilines is 1. The number of hydrogen-bond acceptors (Lipinski definition) is 5. The molecule has 0 aromatic heterocycles. The molecule has 1 aromatic carbocycles. The summed E-state index contributed by atoms with van der Waals surface area (Å²) in [6.45, 7) is 13.2. The highest BCUT2D eigenvalue weighted by atomic mass is 19.1. The quantitative estimate of drug-likeness (QED) is 0.157. The highest BCUT2D eigenvalue weighted by Crippen LogP contribution is 2.17. The molecule has 5 nitrogen and oxygen atoms in total. The largest absolute Gasteiger partial charge is 0.500 e. The fraction of sp³-hybridized carbons (Fsp3) is 0.462. The van der Waals surface area contributed by atoms with Gasteiger partial charge in [0.15, 0.2) is 0 Å². The SMILES string of the molecule is C=C/C(=C\C=C\OCCNCCN(CC)c1ccccc1F)CCCCC(=O)C#N.CC. The Balaban J connectivity index is 0.00000466. The maximum atomic E-state index is 13.9. The standard InChI is InChI=1S/C24H32FN3O2.C2H6/c1-3-21(10-5-6-12-22(29)20-26)11-9-18-30-19-16-27-15-17-28(4-2)24-14-8-7-13-23(24)25;1-2/h3,7-9,11,13-14,18,27H,1,4-6,10,12,15-17,19H2,2H3;1-2H3/b18-9+,21-11+;. The Morgan fingerprint density at radius 2 is 1.97 bits per heavy atom. The summed E-state index contributed by atoms with van der Waals surface area (Å²) < 4.78 is 19.3. The van der Waals surface area contributed by atoms with E-state index in [1.165, 1.54) is 6.07 Å². The van der Waals surface area contributed by atoms with Crippen molar-refractivity contribution in [3.8, 4) is 6.07 Å². The second kappa shape index (κ2) is 20.0. The van der Waals surface area contributed by atoms with E-state index >= 15 is 0 Å². The summed E-state index contributed by atoms with van der Waals surface area (Å²) in [5.41, 5.74) is 1.69. The molecule has 0 amide bonds. The van der Waals surface area contributed by atoms with Gasteiger partial charge in [-0.25, -0.2) is 4.39 Å². The van der Waals surface area contributed by atoms with E-state index in [2.05, 4.69) is 11.9 Å². The Bertz CT molecular complexity index is 754. The Morgan fingerprint density at radius 1 is 1.25 bits per heavy atom. The van der Waals surface area contributed by atoms with Crippen LogP contribution in [0.4, 0.5) is 10.1 Å². The van der Waals surface area contributed by atoms with Crippen molar-refractivity contribution in [3.05, 3.63) is 66.7 Å². The normalized spacial score (nSPS) is 10.8. The first-order chi connectivity index (χ1) is 15.6. The minimum atomic E-state index is -0.365. The predicted molar refractivity (Wildman–Crippen MR) is 131 cm³/mol. The maximum Gasteiger partial charge on any atom is 0.231 e. The third-order valence-corrected chi connectivity index (χ3v) is 4.52. The van der Waals surface area contributed by atoms with Crippen molar-refractivity contribution < 1.29 is 13.9 Å². The first-order valence-corrected chi connectivity index (χ1v) is 11.3. The summed E-state index contributed by atoms with van der Waals surface area (Å²) in [6.07, 6.45) is 9.85. The molecular weight excluding hydrogens is 405 g/mol. The molecule has 0 unspecified atom stereocenters. The molecule has 0 fully saturated rings. The average molecular weight is 444 g/mol. The molecule has 0 atom stereocenters. The lowest BCUT2D eigenvalue weighted by Gasteiger charge is -2.23. The van der Waals surface area contributed by atoms with Crippen LogP contribution in [0, 0.1) is 17.1 Å². The van der Waals surface area contributed by atoms with Crippen LogP contribution >= 0.6 is 0 Å². The fourth-order valence-corrected chi connectivity index (χ4v) is 2.84. The van der Waals surface area contributed by atoms with Crippen LogP contribution in [0.5, 0.6) is 0 Å². The zero-order valence-corrected chi connectivity index (χ0v) is 19.8. The number of para-hydroxylation sites is 1. The molecule has 0 aliphatic rings. The molecule has 6 heteroatoms. The van der Waals surface area contributed by atoms with Crippen LogP contribution in [-0.2, 0) is 9.53 Å². The Kier molecular flexibility index (Phi) is 18.2. The van der Waals surface area contributed by atoms with Gasteiger partial charge in [0.05, 0.1) is 18.6 Å². The van der Waals surface area contributed by atoms with Crippen LogP contribution in [0.15, 0.2) is 60.9 Å². The van der Waals surface area contributed by atoms with E-state index in [9.17, 15) is 9.18 Å². The van der Waals surface area contributed by atoms with Gasteiger partial charge >= 0.3 is 0 Å². The van der Waals surface area contributed by atoms with E-state index in [-0.39, 0.29) is 11.6 Å². The number of Topliss-reactive ketones (excluding diaryl/α,β-unsaturated/α-hetero) is 1. The van der Waals surface area contributed by atoms with Gasteiger partial charge in [0.1, 0.15) is 11.9 Å². The molecule has 176 valence electrons. The Labute approximate surface area is 193 Å². The second-order valence-electron chi connectivity index (χ2n) is 6.67. The number of ether oxygens (including phenoxy) is 1. The van der Waals surface area contributed by atoms with E-state index in [4.69, 9.17) is 10.00 Å². The van der Waals surface area contributed by atoms with Gasteiger partial charge in [0, 0.05) is 32.6 Å². The van der Waals surface area contributed by atoms with Crippen molar-refractivity contribution in [1.82, 2.24) is 5.32 Å². The molecule has 1 N–H and O–H groups in total. The highest BCUT2D eigenvalue weighted by molar-refractivity contribution is 5.93. The third-order valence-electron chi connectivity index (χ3n) is 4.52. The number of ketones is 1. The number of carbonyl (C=O) groups excluding carboxylic acids is 1. The number of likely N-dealkylation sites (N-methyl/N-ethyl adjacent to an activating group) is 1. The summed E-state index contributed by atoms with van der Waals surface area (Å²) in [5.74, 6) is -0.564. The molecule has 0 bridgehead atoms. The Morgan fingerprint density at radius 3 is 2.62 bits per heavy atom. The van der Waals surface area contributed by atoms with E-state index in [1.807, 2.05) is 43.9 Å². The highest BCUT2D eigenvalue weighted by Gasteiger charge is 2.08. The number of halogens is 1. The minimum absolute atomic E-state index is 0.199. The molecule has 0 spiro atoms. The maximum absolute atomic E-state index is 13.9. The number of nitrogens with zero attached hydrogens (tertiary/aromatic N) is 2. The number of nitriles is 1. The average Bonchev–Trinajstić information content (AvgIpc) is 2.83. The van der Waals surface area contributed by atoms with Gasteiger partial charge in [0.2, 0.25) is 5.78 Å². The lowest BCUT2D eigenvalue weighted by atomic mass is 10.1. The van der Waals surface area contributed by atoms with Crippen molar-refractivity contribution in [2.24, 2.45) is 0 Å². The van der Waals surface area contributed by atoms with Crippen LogP contribution in [0.3, 0.4) is 0 Å². The van der Waals surface area contributed by atoms with Crippen LogP contribution in [0.2, 0.25) is 0 Å². The van der Waals surface area contributed by atoms with Gasteiger partial charge in [-0.15, -0.1) is 0 Å². The van der Waals surface area contributed by atoms with Gasteiger partial charge < -0.3 is 15.0 Å². The summed E-state index contributed by atoms with van der Waals surface area (Å²) in [6, 6.07) is 8.44. The topological polar surface area (TPSA) is 65.4 Å². The summed E-state index contributed by atoms with van der Waals surface area (Å²) in [4.78, 5) is 12.9. The number of hydrogen-bond donors (Lipinski definition) is 1. The van der Waals surface area contributed by atoms with Crippen molar-refractivity contribution in [3.63, 3.8) is 0 Å². The smallest absolute Gasteiger partial charge is 0.231 e. The van der Waals surface area contributed by atoms with Crippen molar-refractivity contribution in [2.45, 2.75) is 46.5 Å². The lowest BCUT2D eigenvalue weighted by molar-refractivity contribution is -0.114. The van der Waals surface area contributed by atoms with Crippen LogP contribution in [0.25, 0.3) is 0 Å². The van der Waals surface area contributed by atoms with E-state index in [0.29, 0.717) is 31.7 Å². The Hall–Kier alpha value is -2.91. The summed E-state index contributed by atoms with van der Waals surface area (Å²) >= 11 is 0. The fourth-order valence-electron chi connectivity index (χ4n) is 2.84. The van der Waals surface area contributed by atoms with Crippen LogP contribution in [0.1, 0.15) is 46.5 Å². The molecule has 0 aliphatic carbocycles. The van der Waals surface area contributed by atoms with Gasteiger partial charge in [-0.05, 0) is 50.0 Å². The molecular formula is C26H38FN3O2. The number of unbranched alkanes of at least 4 members (excludes halogenated alkanes) is 1. The first-order valence-electron chi connectivity index (χ1n) is 11.3. The molecule has 1 rings (SSSR count). The first kappa shape index (κ1) is 29.1. The summed E-state index contributed by atoms with van der Waals surface area (Å²) in [7, 11) is 0. The summed E-state index contributed by atoms with van der Waals surface area (Å²) in [5, 5.41) is 11.7. The van der Waals surface area contributed by atoms with Crippen molar-refractivity contribution in [1.29, 1.82) is 5.26 Å². The number of rotatable bonds is 16. The van der Waals surface area contributed by atoms with E-state index in [0.717, 1.165) is 38.0 Å². The van der Waals surface area contributed by atoms with Crippen LogP contribution < -0.4 is 10.2 Å². The molecule has 32 heavy (non-hydrogen) atoms. The zero-order valence-electron chi connectivity index (χ0n) is 19.8. The number of allylic oxidation sites excluding steroid dienone is 4. The molecule has 0 aliphatic heterocycles. The molecule has 1 aromatic rings. The molecule has 0 radical (unpaired) electrons. The third kappa shape index (κ3) is 13.4. The van der Waals surface area contributed by atoms with E-state index < -0.39 is 0 Å². The van der Waals surface area contributed by atoms with Gasteiger partial charge in [0.25, 0.3) is 0 Å². The predicted octanol–water partition coefficient (Wildman–Crippen LogP) is 5.56. The molecule has 0 saturated heterocycles. The number of carbonyl (C=O) groups is 1. The number of benzene rings is 1. The van der Waals surface area contributed by atoms with E-state index in [1.54, 1.807) is 30.5 Å². The number of nitrogens with one attached hydrogen (secondary N) is 1. The molecule has 0 heterocycles. The van der Waals surface area contributed by atoms with Gasteiger partial charge in [-0.1, -0.05) is 44.7 Å². The van der Waals surface area contributed by atoms with Crippen LogP contribution in [-0.4, -0.2) is 38.6 Å². The zero-order chi connectivity index (χ0) is 24.0. The minimum Gasteiger partial charge on any atom is -0.500 e. The second-order valence-corrected chi connectivity index (χ2v) is 6.67. The van der Waals surface area contributed by atoms with Crippen molar-refractivity contribution in [2.75, 3.05) is 37.7 Å². The van der Waals surface area contributed by atoms with Crippen molar-refractivity contribution >= 4 is 11.5 Å². The lowest BCUT2D eigenvalue weighted by Crippen LogP contribution is -2.33. The van der Waals surface area contributed by atoms with Gasteiger partial charge in [-0.3, -0.25) is 4.79 Å².